The van der Waals surface area contributed by atoms with Crippen molar-refractivity contribution in [3.05, 3.63) is 27.9 Å². The van der Waals surface area contributed by atoms with Crippen molar-refractivity contribution in [2.75, 3.05) is 6.54 Å². The van der Waals surface area contributed by atoms with Crippen molar-refractivity contribution in [2.45, 2.75) is 19.8 Å². The van der Waals surface area contributed by atoms with Gasteiger partial charge in [-0.1, -0.05) is 0 Å². The van der Waals surface area contributed by atoms with Gasteiger partial charge in [-0.15, -0.1) is 0 Å². The third-order valence-electron chi connectivity index (χ3n) is 2.12. The van der Waals surface area contributed by atoms with E-state index in [0.29, 0.717) is 18.0 Å². The fourth-order valence-electron chi connectivity index (χ4n) is 1.42. The minimum absolute atomic E-state index is 0.135. The molecule has 0 atom stereocenters. The van der Waals surface area contributed by atoms with Gasteiger partial charge in [0.05, 0.1) is 0 Å². The summed E-state index contributed by atoms with van der Waals surface area (Å²) in [5, 5.41) is 2.90. The van der Waals surface area contributed by atoms with Gasteiger partial charge in [-0.05, 0) is 19.9 Å². The summed E-state index contributed by atoms with van der Waals surface area (Å²) in [6, 6.07) is 1.47. The first kappa shape index (κ1) is 9.85. The summed E-state index contributed by atoms with van der Waals surface area (Å²) in [6.07, 6.45) is 1.58. The molecule has 0 saturated heterocycles. The number of rotatable bonds is 3. The van der Waals surface area contributed by atoms with E-state index in [2.05, 4.69) is 15.1 Å². The Morgan fingerprint density at radius 1 is 1.53 bits per heavy atom. The second kappa shape index (κ2) is 3.82. The van der Waals surface area contributed by atoms with Crippen molar-refractivity contribution < 1.29 is 0 Å². The molecule has 0 unspecified atom stereocenters. The molecule has 2 rings (SSSR count). The zero-order valence-electron chi connectivity index (χ0n) is 8.53. The predicted octanol–water partition coefficient (Wildman–Crippen LogP) is -0.383. The highest BCUT2D eigenvalue weighted by Gasteiger charge is 2.05. The average molecular weight is 207 g/mol. The second-order valence-corrected chi connectivity index (χ2v) is 3.43. The molecular weight excluding hydrogens is 194 g/mol. The Balaban J connectivity index is 2.46. The summed E-state index contributed by atoms with van der Waals surface area (Å²) in [5.41, 5.74) is 5.94. The van der Waals surface area contributed by atoms with Gasteiger partial charge in [0.1, 0.15) is 5.82 Å². The van der Waals surface area contributed by atoms with Crippen LogP contribution in [0.25, 0.3) is 5.78 Å². The summed E-state index contributed by atoms with van der Waals surface area (Å²) in [4.78, 5) is 19.9. The van der Waals surface area contributed by atoms with Crippen LogP contribution in [0.5, 0.6) is 0 Å². The van der Waals surface area contributed by atoms with E-state index in [9.17, 15) is 4.79 Å². The molecule has 0 fully saturated rings. The lowest BCUT2D eigenvalue weighted by atomic mass is 10.3. The van der Waals surface area contributed by atoms with E-state index in [1.165, 1.54) is 10.6 Å². The number of hydrogen-bond acceptors (Lipinski definition) is 4. The van der Waals surface area contributed by atoms with Crippen molar-refractivity contribution in [2.24, 2.45) is 5.73 Å². The molecule has 0 amide bonds. The maximum Gasteiger partial charge on any atom is 0.274 e. The van der Waals surface area contributed by atoms with E-state index in [4.69, 9.17) is 5.73 Å². The highest BCUT2D eigenvalue weighted by atomic mass is 16.1. The number of nitrogens with two attached hydrogens (primary N) is 1. The van der Waals surface area contributed by atoms with Gasteiger partial charge in [0.15, 0.2) is 0 Å². The van der Waals surface area contributed by atoms with Gasteiger partial charge in [0.2, 0.25) is 0 Å². The van der Waals surface area contributed by atoms with Crippen LogP contribution >= 0.6 is 0 Å². The number of fused-ring (bicyclic) bond motifs is 1. The van der Waals surface area contributed by atoms with Crippen LogP contribution in [0.2, 0.25) is 0 Å². The summed E-state index contributed by atoms with van der Waals surface area (Å²) in [7, 11) is 0. The van der Waals surface area contributed by atoms with Gasteiger partial charge < -0.3 is 5.73 Å². The monoisotopic (exact) mass is 207 g/mol. The molecule has 3 N–H and O–H groups in total. The summed E-state index contributed by atoms with van der Waals surface area (Å²) in [6.45, 7) is 2.38. The molecule has 2 aromatic rings. The topological polar surface area (TPSA) is 89.1 Å². The van der Waals surface area contributed by atoms with Crippen LogP contribution < -0.4 is 11.3 Å². The minimum Gasteiger partial charge on any atom is -0.330 e. The van der Waals surface area contributed by atoms with Gasteiger partial charge >= 0.3 is 0 Å². The lowest BCUT2D eigenvalue weighted by Gasteiger charge is -1.91. The Kier molecular flexibility index (Phi) is 2.51. The molecule has 0 radical (unpaired) electrons. The maximum atomic E-state index is 11.5. The standard InChI is InChI=1S/C9H13N5O/c1-6-5-8(15)14-9(11-6)12-7(13-14)3-2-4-10/h5H,2-4,10H2,1H3,(H,11,12,13). The van der Waals surface area contributed by atoms with Crippen LogP contribution in [-0.2, 0) is 6.42 Å². The van der Waals surface area contributed by atoms with Crippen LogP contribution in [-0.4, -0.2) is 26.1 Å². The first-order valence-electron chi connectivity index (χ1n) is 4.86. The van der Waals surface area contributed by atoms with Crippen molar-refractivity contribution in [1.82, 2.24) is 19.6 Å². The number of nitrogens with zero attached hydrogens (tertiary/aromatic N) is 3. The third kappa shape index (κ3) is 1.89. The number of hydrogen-bond donors (Lipinski definition) is 2. The first-order chi connectivity index (χ1) is 7.20. The largest absolute Gasteiger partial charge is 0.330 e. The molecule has 0 bridgehead atoms. The molecule has 0 aliphatic heterocycles. The Hall–Kier alpha value is -1.69. The van der Waals surface area contributed by atoms with Crippen LogP contribution in [0.1, 0.15) is 17.9 Å². The van der Waals surface area contributed by atoms with E-state index < -0.39 is 0 Å². The quantitative estimate of drug-likeness (QED) is 0.717. The zero-order chi connectivity index (χ0) is 10.8. The number of H-pyrrole nitrogens is 1. The molecule has 2 heterocycles. The lowest BCUT2D eigenvalue weighted by molar-refractivity contribution is 0.768. The fourth-order valence-corrected chi connectivity index (χ4v) is 1.42. The zero-order valence-corrected chi connectivity index (χ0v) is 8.53. The average Bonchev–Trinajstić information content (AvgIpc) is 2.57. The highest BCUT2D eigenvalue weighted by molar-refractivity contribution is 5.27. The molecule has 80 valence electrons. The molecule has 0 aromatic carbocycles. The van der Waals surface area contributed by atoms with Crippen LogP contribution in [0, 0.1) is 6.92 Å². The molecule has 0 aliphatic rings. The Morgan fingerprint density at radius 2 is 2.33 bits per heavy atom. The number of nitrogens with one attached hydrogen (secondary N) is 1. The van der Waals surface area contributed by atoms with Crippen LogP contribution in [0.15, 0.2) is 10.9 Å². The first-order valence-corrected chi connectivity index (χ1v) is 4.86. The Labute approximate surface area is 86.1 Å². The van der Waals surface area contributed by atoms with Crippen molar-refractivity contribution in [1.29, 1.82) is 0 Å². The molecule has 0 spiro atoms. The normalized spacial score (nSPS) is 11.1. The second-order valence-electron chi connectivity index (χ2n) is 3.43. The lowest BCUT2D eigenvalue weighted by Crippen LogP contribution is -2.14. The summed E-state index contributed by atoms with van der Waals surface area (Å²) < 4.78 is 1.35. The third-order valence-corrected chi connectivity index (χ3v) is 2.12. The van der Waals surface area contributed by atoms with Gasteiger partial charge in [0.25, 0.3) is 11.3 Å². The molecule has 6 heteroatoms. The smallest absolute Gasteiger partial charge is 0.274 e. The molecule has 15 heavy (non-hydrogen) atoms. The molecule has 0 saturated carbocycles. The Bertz CT molecular complexity index is 527. The molecular formula is C9H13N5O. The number of aryl methyl sites for hydroxylation is 2. The van der Waals surface area contributed by atoms with Crippen LogP contribution in [0.4, 0.5) is 0 Å². The fraction of sp³-hybridized carbons (Fsp3) is 0.444. The maximum absolute atomic E-state index is 11.5. The van der Waals surface area contributed by atoms with E-state index in [-0.39, 0.29) is 5.56 Å². The molecule has 0 aliphatic carbocycles. The van der Waals surface area contributed by atoms with Crippen molar-refractivity contribution in [3.63, 3.8) is 0 Å². The van der Waals surface area contributed by atoms with Crippen molar-refractivity contribution in [3.8, 4) is 0 Å². The van der Waals surface area contributed by atoms with Gasteiger partial charge in [-0.25, -0.2) is 4.98 Å². The number of aromatic nitrogens is 4. The van der Waals surface area contributed by atoms with E-state index in [0.717, 1.165) is 18.7 Å². The summed E-state index contributed by atoms with van der Waals surface area (Å²) in [5.74, 6) is 1.17. The van der Waals surface area contributed by atoms with E-state index >= 15 is 0 Å². The van der Waals surface area contributed by atoms with Gasteiger partial charge in [0, 0.05) is 18.2 Å². The van der Waals surface area contributed by atoms with E-state index in [1.807, 2.05) is 0 Å². The van der Waals surface area contributed by atoms with Crippen molar-refractivity contribution >= 4 is 5.78 Å². The van der Waals surface area contributed by atoms with Gasteiger partial charge in [-0.3, -0.25) is 9.89 Å². The van der Waals surface area contributed by atoms with Gasteiger partial charge in [-0.2, -0.15) is 9.50 Å². The SMILES string of the molecule is Cc1cc(=O)n2[nH]c(CCCN)nc2n1. The minimum atomic E-state index is -0.135. The van der Waals surface area contributed by atoms with E-state index in [1.54, 1.807) is 6.92 Å². The molecule has 2 aromatic heterocycles. The Morgan fingerprint density at radius 3 is 3.07 bits per heavy atom. The highest BCUT2D eigenvalue weighted by Crippen LogP contribution is 1.98. The molecule has 6 nitrogen and oxygen atoms in total. The van der Waals surface area contributed by atoms with Crippen LogP contribution in [0.3, 0.4) is 0 Å². The number of aromatic amines is 1. The summed E-state index contributed by atoms with van der Waals surface area (Å²) >= 11 is 0. The predicted molar refractivity (Wildman–Crippen MR) is 55.7 cm³/mol.